The summed E-state index contributed by atoms with van der Waals surface area (Å²) in [5.41, 5.74) is 0.319. The highest BCUT2D eigenvalue weighted by atomic mass is 19.1. The highest BCUT2D eigenvalue weighted by Crippen LogP contribution is 2.19. The number of benzene rings is 2. The molecular formula is C19H15FN2O4. The van der Waals surface area contributed by atoms with Crippen LogP contribution in [-0.4, -0.2) is 15.7 Å². The van der Waals surface area contributed by atoms with E-state index in [1.54, 1.807) is 30.3 Å². The fourth-order valence-corrected chi connectivity index (χ4v) is 2.56. The molecular weight excluding hydrogens is 339 g/mol. The molecule has 0 aliphatic rings. The standard InChI is InChI=1S/C19H15FN2O4/c20-18-9-2-1-5-15(18)12-21(13-17-8-4-10-26-17)19(23)14-6-3-7-16(11-14)22(24)25/h1-11H,12-13H2. The number of nitrogens with zero attached hydrogens (tertiary/aromatic N) is 2. The fraction of sp³-hybridized carbons (Fsp3) is 0.105. The van der Waals surface area contributed by atoms with Crippen molar-refractivity contribution in [3.63, 3.8) is 0 Å². The van der Waals surface area contributed by atoms with E-state index in [4.69, 9.17) is 4.42 Å². The number of amides is 1. The second kappa shape index (κ2) is 7.60. The Morgan fingerprint density at radius 1 is 1.08 bits per heavy atom. The van der Waals surface area contributed by atoms with Crippen molar-refractivity contribution < 1.29 is 18.5 Å². The minimum absolute atomic E-state index is 0.00883. The van der Waals surface area contributed by atoms with Gasteiger partial charge in [0.15, 0.2) is 0 Å². The number of furan rings is 1. The predicted octanol–water partition coefficient (Wildman–Crippen LogP) is 4.17. The molecule has 0 aliphatic heterocycles. The lowest BCUT2D eigenvalue weighted by molar-refractivity contribution is -0.384. The van der Waals surface area contributed by atoms with Crippen molar-refractivity contribution in [2.24, 2.45) is 0 Å². The minimum Gasteiger partial charge on any atom is -0.467 e. The third-order valence-corrected chi connectivity index (χ3v) is 3.84. The highest BCUT2D eigenvalue weighted by Gasteiger charge is 2.21. The van der Waals surface area contributed by atoms with E-state index in [9.17, 15) is 19.3 Å². The maximum absolute atomic E-state index is 14.0. The van der Waals surface area contributed by atoms with Crippen LogP contribution in [0.4, 0.5) is 10.1 Å². The SMILES string of the molecule is O=C(c1cccc([N+](=O)[O-])c1)N(Cc1ccco1)Cc1ccccc1F. The Kier molecular flexibility index (Phi) is 5.07. The summed E-state index contributed by atoms with van der Waals surface area (Å²) in [6.07, 6.45) is 1.48. The lowest BCUT2D eigenvalue weighted by atomic mass is 10.1. The van der Waals surface area contributed by atoms with Gasteiger partial charge >= 0.3 is 0 Å². The summed E-state index contributed by atoms with van der Waals surface area (Å²) < 4.78 is 19.3. The maximum Gasteiger partial charge on any atom is 0.270 e. The van der Waals surface area contributed by atoms with Crippen molar-refractivity contribution >= 4 is 11.6 Å². The molecule has 7 heteroatoms. The molecule has 6 nitrogen and oxygen atoms in total. The second-order valence-electron chi connectivity index (χ2n) is 5.64. The Morgan fingerprint density at radius 3 is 2.58 bits per heavy atom. The van der Waals surface area contributed by atoms with Gasteiger partial charge in [-0.15, -0.1) is 0 Å². The first-order valence-corrected chi connectivity index (χ1v) is 7.84. The summed E-state index contributed by atoms with van der Waals surface area (Å²) in [5, 5.41) is 11.0. The lowest BCUT2D eigenvalue weighted by Gasteiger charge is -2.22. The summed E-state index contributed by atoms with van der Waals surface area (Å²) >= 11 is 0. The van der Waals surface area contributed by atoms with Gasteiger partial charge in [-0.3, -0.25) is 14.9 Å². The average molecular weight is 354 g/mol. The van der Waals surface area contributed by atoms with Crippen molar-refractivity contribution in [2.45, 2.75) is 13.1 Å². The van der Waals surface area contributed by atoms with Crippen molar-refractivity contribution in [1.82, 2.24) is 4.90 Å². The maximum atomic E-state index is 14.0. The molecule has 0 radical (unpaired) electrons. The molecule has 0 atom stereocenters. The topological polar surface area (TPSA) is 76.6 Å². The number of carbonyl (C=O) groups is 1. The number of rotatable bonds is 6. The third kappa shape index (κ3) is 3.94. The van der Waals surface area contributed by atoms with E-state index in [0.29, 0.717) is 11.3 Å². The Bertz CT molecular complexity index is 925. The first-order chi connectivity index (χ1) is 12.5. The number of carbonyl (C=O) groups excluding carboxylic acids is 1. The Hall–Kier alpha value is -3.48. The van der Waals surface area contributed by atoms with Crippen LogP contribution in [0.3, 0.4) is 0 Å². The van der Waals surface area contributed by atoms with Crippen LogP contribution in [0.15, 0.2) is 71.3 Å². The average Bonchev–Trinajstić information content (AvgIpc) is 3.15. The normalized spacial score (nSPS) is 10.5. The molecule has 1 amide bonds. The highest BCUT2D eigenvalue weighted by molar-refractivity contribution is 5.94. The van der Waals surface area contributed by atoms with E-state index >= 15 is 0 Å². The summed E-state index contributed by atoms with van der Waals surface area (Å²) in [5.74, 6) is -0.350. The summed E-state index contributed by atoms with van der Waals surface area (Å²) in [6, 6.07) is 15.0. The number of hydrogen-bond acceptors (Lipinski definition) is 4. The molecule has 0 saturated heterocycles. The molecule has 0 spiro atoms. The molecule has 3 rings (SSSR count). The minimum atomic E-state index is -0.565. The van der Waals surface area contributed by atoms with Crippen LogP contribution < -0.4 is 0 Å². The molecule has 0 aliphatic carbocycles. The number of hydrogen-bond donors (Lipinski definition) is 0. The quantitative estimate of drug-likeness (QED) is 0.492. The van der Waals surface area contributed by atoms with E-state index in [1.807, 2.05) is 0 Å². The Morgan fingerprint density at radius 2 is 1.88 bits per heavy atom. The van der Waals surface area contributed by atoms with Gasteiger partial charge in [0.1, 0.15) is 11.6 Å². The van der Waals surface area contributed by atoms with Crippen molar-refractivity contribution in [1.29, 1.82) is 0 Å². The van der Waals surface area contributed by atoms with Gasteiger partial charge in [0.25, 0.3) is 11.6 Å². The predicted molar refractivity (Wildman–Crippen MR) is 91.8 cm³/mol. The largest absolute Gasteiger partial charge is 0.467 e. The van der Waals surface area contributed by atoms with Crippen LogP contribution in [0.25, 0.3) is 0 Å². The van der Waals surface area contributed by atoms with Gasteiger partial charge in [0, 0.05) is 29.8 Å². The van der Waals surface area contributed by atoms with Gasteiger partial charge in [0.2, 0.25) is 0 Å². The van der Waals surface area contributed by atoms with Gasteiger partial charge in [-0.1, -0.05) is 24.3 Å². The van der Waals surface area contributed by atoms with Gasteiger partial charge in [-0.25, -0.2) is 4.39 Å². The van der Waals surface area contributed by atoms with Crippen molar-refractivity contribution in [2.75, 3.05) is 0 Å². The first kappa shape index (κ1) is 17.3. The molecule has 0 fully saturated rings. The van der Waals surface area contributed by atoms with E-state index in [-0.39, 0.29) is 24.3 Å². The molecule has 1 heterocycles. The lowest BCUT2D eigenvalue weighted by Crippen LogP contribution is -2.30. The molecule has 26 heavy (non-hydrogen) atoms. The van der Waals surface area contributed by atoms with Crippen LogP contribution in [0, 0.1) is 15.9 Å². The zero-order valence-electron chi connectivity index (χ0n) is 13.7. The molecule has 2 aromatic carbocycles. The molecule has 0 bridgehead atoms. The molecule has 0 unspecified atom stereocenters. The van der Waals surface area contributed by atoms with E-state index < -0.39 is 16.6 Å². The summed E-state index contributed by atoms with van der Waals surface area (Å²) in [4.78, 5) is 24.7. The molecule has 1 aromatic heterocycles. The van der Waals surface area contributed by atoms with Crippen LogP contribution in [-0.2, 0) is 13.1 Å². The van der Waals surface area contributed by atoms with Gasteiger partial charge in [0.05, 0.1) is 17.7 Å². The first-order valence-electron chi connectivity index (χ1n) is 7.84. The summed E-state index contributed by atoms with van der Waals surface area (Å²) in [6.45, 7) is 0.123. The van der Waals surface area contributed by atoms with Crippen LogP contribution >= 0.6 is 0 Å². The van der Waals surface area contributed by atoms with Crippen molar-refractivity contribution in [3.05, 3.63) is 99.7 Å². The number of nitro benzene ring substituents is 1. The molecule has 0 saturated carbocycles. The van der Waals surface area contributed by atoms with Crippen LogP contribution in [0.2, 0.25) is 0 Å². The Labute approximate surface area is 148 Å². The van der Waals surface area contributed by atoms with Gasteiger partial charge in [-0.2, -0.15) is 0 Å². The monoisotopic (exact) mass is 354 g/mol. The number of nitro groups is 1. The zero-order valence-corrected chi connectivity index (χ0v) is 13.7. The third-order valence-electron chi connectivity index (χ3n) is 3.84. The number of halogens is 1. The Balaban J connectivity index is 1.91. The zero-order chi connectivity index (χ0) is 18.5. The fourth-order valence-electron chi connectivity index (χ4n) is 2.56. The van der Waals surface area contributed by atoms with Crippen LogP contribution in [0.1, 0.15) is 21.7 Å². The molecule has 3 aromatic rings. The summed E-state index contributed by atoms with van der Waals surface area (Å²) in [7, 11) is 0. The van der Waals surface area contributed by atoms with E-state index in [0.717, 1.165) is 0 Å². The van der Waals surface area contributed by atoms with E-state index in [1.165, 1.54) is 41.5 Å². The van der Waals surface area contributed by atoms with Crippen LogP contribution in [0.5, 0.6) is 0 Å². The van der Waals surface area contributed by atoms with E-state index in [2.05, 4.69) is 0 Å². The van der Waals surface area contributed by atoms with Crippen molar-refractivity contribution in [3.8, 4) is 0 Å². The smallest absolute Gasteiger partial charge is 0.270 e. The van der Waals surface area contributed by atoms with Gasteiger partial charge in [-0.05, 0) is 24.3 Å². The molecule has 0 N–H and O–H groups in total. The van der Waals surface area contributed by atoms with Gasteiger partial charge < -0.3 is 9.32 Å². The second-order valence-corrected chi connectivity index (χ2v) is 5.64. The number of non-ortho nitro benzene ring substituents is 1. The molecule has 132 valence electrons.